The van der Waals surface area contributed by atoms with Crippen LogP contribution < -0.4 is 10.6 Å². The molecule has 0 saturated carbocycles. The maximum atomic E-state index is 11.9. The number of aromatic nitrogens is 1. The van der Waals surface area contributed by atoms with Gasteiger partial charge in [-0.3, -0.25) is 4.98 Å². The number of rotatable bonds is 2. The third-order valence-electron chi connectivity index (χ3n) is 3.03. The first-order chi connectivity index (χ1) is 10.2. The number of nitrogens with zero attached hydrogens (tertiary/aromatic N) is 1. The Bertz CT molecular complexity index is 788. The average Bonchev–Trinajstić information content (AvgIpc) is 2.48. The second-order valence-corrected chi connectivity index (χ2v) is 4.54. The van der Waals surface area contributed by atoms with Gasteiger partial charge in [-0.15, -0.1) is 0 Å². The second-order valence-electron chi connectivity index (χ2n) is 4.54. The largest absolute Gasteiger partial charge is 0.506 e. The van der Waals surface area contributed by atoms with Crippen LogP contribution in [0.25, 0.3) is 10.8 Å². The number of amides is 2. The fraction of sp³-hybridized carbons (Fsp3) is 0. The lowest BCUT2D eigenvalue weighted by Gasteiger charge is -2.08. The molecular weight excluding hydrogens is 266 g/mol. The van der Waals surface area contributed by atoms with Crippen molar-refractivity contribution in [3.05, 3.63) is 60.9 Å². The van der Waals surface area contributed by atoms with Crippen LogP contribution in [0.2, 0.25) is 0 Å². The number of benzene rings is 2. The molecular formula is C16H13N3O2. The molecule has 0 saturated heterocycles. The molecule has 104 valence electrons. The average molecular weight is 279 g/mol. The smallest absolute Gasteiger partial charge is 0.323 e. The number of nitrogens with one attached hydrogen (secondary N) is 2. The lowest BCUT2D eigenvalue weighted by molar-refractivity contribution is 0.262. The van der Waals surface area contributed by atoms with E-state index >= 15 is 0 Å². The van der Waals surface area contributed by atoms with E-state index in [-0.39, 0.29) is 11.8 Å². The van der Waals surface area contributed by atoms with Crippen molar-refractivity contribution >= 4 is 28.2 Å². The topological polar surface area (TPSA) is 74.2 Å². The maximum Gasteiger partial charge on any atom is 0.323 e. The van der Waals surface area contributed by atoms with Crippen molar-refractivity contribution in [2.75, 3.05) is 10.6 Å². The zero-order chi connectivity index (χ0) is 14.7. The molecule has 0 aliphatic heterocycles. The van der Waals surface area contributed by atoms with Crippen LogP contribution in [0.5, 0.6) is 5.75 Å². The number of aromatic hydroxyl groups is 1. The van der Waals surface area contributed by atoms with Crippen LogP contribution in [-0.2, 0) is 0 Å². The monoisotopic (exact) mass is 279 g/mol. The predicted octanol–water partition coefficient (Wildman–Crippen LogP) is 3.58. The van der Waals surface area contributed by atoms with Crippen LogP contribution in [0.1, 0.15) is 0 Å². The molecule has 3 rings (SSSR count). The van der Waals surface area contributed by atoms with Crippen molar-refractivity contribution in [2.45, 2.75) is 0 Å². The highest BCUT2D eigenvalue weighted by molar-refractivity contribution is 6.01. The van der Waals surface area contributed by atoms with Gasteiger partial charge in [-0.25, -0.2) is 4.79 Å². The summed E-state index contributed by atoms with van der Waals surface area (Å²) < 4.78 is 0. The van der Waals surface area contributed by atoms with E-state index in [1.165, 1.54) is 6.20 Å². The van der Waals surface area contributed by atoms with Crippen molar-refractivity contribution in [2.24, 2.45) is 0 Å². The van der Waals surface area contributed by atoms with Gasteiger partial charge in [0.15, 0.2) is 0 Å². The molecule has 0 bridgehead atoms. The summed E-state index contributed by atoms with van der Waals surface area (Å²) in [7, 11) is 0. The predicted molar refractivity (Wildman–Crippen MR) is 82.5 cm³/mol. The number of anilines is 2. The molecule has 0 fully saturated rings. The molecule has 0 atom stereocenters. The van der Waals surface area contributed by atoms with Gasteiger partial charge >= 0.3 is 6.03 Å². The Hall–Kier alpha value is -3.08. The fourth-order valence-electron chi connectivity index (χ4n) is 2.05. The minimum atomic E-state index is -0.325. The lowest BCUT2D eigenvalue weighted by Crippen LogP contribution is -2.19. The first-order valence-electron chi connectivity index (χ1n) is 6.42. The fourth-order valence-corrected chi connectivity index (χ4v) is 2.05. The lowest BCUT2D eigenvalue weighted by atomic mass is 10.1. The number of hydrogen-bond acceptors (Lipinski definition) is 3. The molecule has 0 radical (unpaired) electrons. The van der Waals surface area contributed by atoms with E-state index in [0.717, 1.165) is 11.1 Å². The zero-order valence-electron chi connectivity index (χ0n) is 11.1. The zero-order valence-corrected chi connectivity index (χ0v) is 11.1. The van der Waals surface area contributed by atoms with E-state index in [9.17, 15) is 9.90 Å². The van der Waals surface area contributed by atoms with Crippen molar-refractivity contribution in [3.63, 3.8) is 0 Å². The van der Waals surface area contributed by atoms with E-state index in [2.05, 4.69) is 15.6 Å². The highest BCUT2D eigenvalue weighted by Crippen LogP contribution is 2.25. The summed E-state index contributed by atoms with van der Waals surface area (Å²) in [5.74, 6) is 0.118. The summed E-state index contributed by atoms with van der Waals surface area (Å²) in [5, 5.41) is 16.6. The summed E-state index contributed by atoms with van der Waals surface area (Å²) in [6.07, 6.45) is 3.02. The number of pyridine rings is 1. The van der Waals surface area contributed by atoms with Gasteiger partial charge in [-0.05, 0) is 30.3 Å². The standard InChI is InChI=1S/C16H13N3O2/c20-15-10-17-9-11-8-13(6-7-14(11)15)19-16(21)18-12-4-2-1-3-5-12/h1-10,20H,(H2,18,19,21). The van der Waals surface area contributed by atoms with Gasteiger partial charge in [-0.2, -0.15) is 0 Å². The molecule has 1 heterocycles. The number of para-hydroxylation sites is 1. The molecule has 5 heteroatoms. The van der Waals surface area contributed by atoms with Crippen LogP contribution in [0.15, 0.2) is 60.9 Å². The Balaban J connectivity index is 1.77. The maximum absolute atomic E-state index is 11.9. The number of hydrogen-bond donors (Lipinski definition) is 3. The molecule has 3 aromatic rings. The van der Waals surface area contributed by atoms with E-state index in [1.807, 2.05) is 30.3 Å². The number of urea groups is 1. The van der Waals surface area contributed by atoms with Gasteiger partial charge in [0, 0.05) is 28.3 Å². The van der Waals surface area contributed by atoms with E-state index < -0.39 is 0 Å². The summed E-state index contributed by atoms with van der Waals surface area (Å²) >= 11 is 0. The first-order valence-corrected chi connectivity index (χ1v) is 6.42. The third kappa shape index (κ3) is 2.92. The molecule has 1 aromatic heterocycles. The Morgan fingerprint density at radius 2 is 1.71 bits per heavy atom. The molecule has 0 aliphatic rings. The molecule has 0 spiro atoms. The minimum absolute atomic E-state index is 0.118. The summed E-state index contributed by atoms with van der Waals surface area (Å²) in [6.45, 7) is 0. The first kappa shape index (κ1) is 12.9. The summed E-state index contributed by atoms with van der Waals surface area (Å²) in [4.78, 5) is 15.8. The number of carbonyl (C=O) groups is 1. The van der Waals surface area contributed by atoms with Crippen LogP contribution in [0.4, 0.5) is 16.2 Å². The Morgan fingerprint density at radius 3 is 2.52 bits per heavy atom. The summed E-state index contributed by atoms with van der Waals surface area (Å²) in [5.41, 5.74) is 1.35. The van der Waals surface area contributed by atoms with Crippen LogP contribution in [-0.4, -0.2) is 16.1 Å². The third-order valence-corrected chi connectivity index (χ3v) is 3.03. The summed E-state index contributed by atoms with van der Waals surface area (Å²) in [6, 6.07) is 14.1. The van der Waals surface area contributed by atoms with Crippen molar-refractivity contribution < 1.29 is 9.90 Å². The SMILES string of the molecule is O=C(Nc1ccccc1)Nc1ccc2c(O)cncc2c1. The van der Waals surface area contributed by atoms with Gasteiger partial charge in [-0.1, -0.05) is 18.2 Å². The quantitative estimate of drug-likeness (QED) is 0.671. The molecule has 3 N–H and O–H groups in total. The van der Waals surface area contributed by atoms with Gasteiger partial charge < -0.3 is 15.7 Å². The van der Waals surface area contributed by atoms with Gasteiger partial charge in [0.1, 0.15) is 5.75 Å². The highest BCUT2D eigenvalue weighted by Gasteiger charge is 2.05. The molecule has 2 aromatic carbocycles. The van der Waals surface area contributed by atoms with E-state index in [4.69, 9.17) is 0 Å². The Kier molecular flexibility index (Phi) is 3.39. The minimum Gasteiger partial charge on any atom is -0.506 e. The molecule has 0 aliphatic carbocycles. The Morgan fingerprint density at radius 1 is 0.952 bits per heavy atom. The molecule has 2 amide bonds. The molecule has 0 unspecified atom stereocenters. The van der Waals surface area contributed by atoms with Gasteiger partial charge in [0.05, 0.1) is 6.20 Å². The molecule has 5 nitrogen and oxygen atoms in total. The van der Waals surface area contributed by atoms with Gasteiger partial charge in [0.25, 0.3) is 0 Å². The van der Waals surface area contributed by atoms with Crippen LogP contribution in [0.3, 0.4) is 0 Å². The van der Waals surface area contributed by atoms with E-state index in [0.29, 0.717) is 11.1 Å². The molecule has 21 heavy (non-hydrogen) atoms. The second kappa shape index (κ2) is 5.50. The van der Waals surface area contributed by atoms with Crippen molar-refractivity contribution in [3.8, 4) is 5.75 Å². The van der Waals surface area contributed by atoms with E-state index in [1.54, 1.807) is 24.4 Å². The highest BCUT2D eigenvalue weighted by atomic mass is 16.3. The van der Waals surface area contributed by atoms with Crippen molar-refractivity contribution in [1.82, 2.24) is 4.98 Å². The van der Waals surface area contributed by atoms with Crippen LogP contribution >= 0.6 is 0 Å². The number of fused-ring (bicyclic) bond motifs is 1. The normalized spacial score (nSPS) is 10.3. The van der Waals surface area contributed by atoms with Gasteiger partial charge in [0.2, 0.25) is 0 Å². The van der Waals surface area contributed by atoms with Crippen LogP contribution in [0, 0.1) is 0 Å². The van der Waals surface area contributed by atoms with Crippen molar-refractivity contribution in [1.29, 1.82) is 0 Å². The number of carbonyl (C=O) groups excluding carboxylic acids is 1. The Labute approximate surface area is 121 Å².